The SMILES string of the molecule is COc1cccc(Nc2nnc(SCc3nc4ccccc4nc3C)s2)c1. The molecule has 0 fully saturated rings. The first-order chi connectivity index (χ1) is 13.2. The molecule has 4 rings (SSSR count). The number of benzene rings is 2. The van der Waals surface area contributed by atoms with E-state index in [4.69, 9.17) is 9.72 Å². The van der Waals surface area contributed by atoms with E-state index < -0.39 is 0 Å². The van der Waals surface area contributed by atoms with E-state index in [0.717, 1.165) is 43.3 Å². The van der Waals surface area contributed by atoms with Crippen LogP contribution in [0.5, 0.6) is 5.75 Å². The van der Waals surface area contributed by atoms with Crippen molar-refractivity contribution < 1.29 is 4.74 Å². The molecule has 0 saturated carbocycles. The van der Waals surface area contributed by atoms with Gasteiger partial charge in [-0.3, -0.25) is 0 Å². The lowest BCUT2D eigenvalue weighted by atomic mass is 10.2. The Morgan fingerprint density at radius 3 is 2.67 bits per heavy atom. The van der Waals surface area contributed by atoms with E-state index in [1.165, 1.54) is 11.3 Å². The molecule has 0 aliphatic carbocycles. The van der Waals surface area contributed by atoms with E-state index in [9.17, 15) is 0 Å². The maximum absolute atomic E-state index is 5.24. The average Bonchev–Trinajstić information content (AvgIpc) is 3.13. The molecule has 0 bridgehead atoms. The second kappa shape index (κ2) is 7.89. The standard InChI is InChI=1S/C19H17N5OS2/c1-12-17(22-16-9-4-3-8-15(16)20-12)11-26-19-24-23-18(27-19)21-13-6-5-7-14(10-13)25-2/h3-10H,11H2,1-2H3,(H,21,23). The molecule has 0 saturated heterocycles. The zero-order valence-electron chi connectivity index (χ0n) is 14.8. The third kappa shape index (κ3) is 4.17. The van der Waals surface area contributed by atoms with Crippen LogP contribution in [0.25, 0.3) is 11.0 Å². The van der Waals surface area contributed by atoms with Gasteiger partial charge in [0.1, 0.15) is 5.75 Å². The first-order valence-corrected chi connectivity index (χ1v) is 10.1. The van der Waals surface area contributed by atoms with E-state index >= 15 is 0 Å². The number of fused-ring (bicyclic) bond motifs is 1. The molecule has 0 aliphatic heterocycles. The molecule has 2 heterocycles. The Labute approximate surface area is 165 Å². The number of nitrogens with one attached hydrogen (secondary N) is 1. The molecule has 2 aromatic carbocycles. The van der Waals surface area contributed by atoms with Gasteiger partial charge < -0.3 is 10.1 Å². The van der Waals surface area contributed by atoms with Crippen LogP contribution in [0.15, 0.2) is 52.9 Å². The molecule has 0 atom stereocenters. The third-order valence-electron chi connectivity index (χ3n) is 3.90. The number of thioether (sulfide) groups is 1. The van der Waals surface area contributed by atoms with Crippen molar-refractivity contribution in [2.24, 2.45) is 0 Å². The molecule has 6 nitrogen and oxygen atoms in total. The number of ether oxygens (including phenoxy) is 1. The minimum Gasteiger partial charge on any atom is -0.497 e. The lowest BCUT2D eigenvalue weighted by Crippen LogP contribution is -1.96. The molecule has 0 spiro atoms. The van der Waals surface area contributed by atoms with Crippen LogP contribution in [0, 0.1) is 6.92 Å². The first-order valence-electron chi connectivity index (χ1n) is 8.31. The highest BCUT2D eigenvalue weighted by Gasteiger charge is 2.10. The van der Waals surface area contributed by atoms with Crippen molar-refractivity contribution in [3.63, 3.8) is 0 Å². The van der Waals surface area contributed by atoms with Gasteiger partial charge in [0.25, 0.3) is 0 Å². The van der Waals surface area contributed by atoms with Gasteiger partial charge in [-0.15, -0.1) is 10.2 Å². The molecule has 4 aromatic rings. The molecule has 0 unspecified atom stereocenters. The van der Waals surface area contributed by atoms with E-state index in [2.05, 4.69) is 20.5 Å². The van der Waals surface area contributed by atoms with Crippen molar-refractivity contribution in [2.45, 2.75) is 17.0 Å². The number of nitrogens with zero attached hydrogens (tertiary/aromatic N) is 4. The number of rotatable bonds is 6. The van der Waals surface area contributed by atoms with Gasteiger partial charge in [0.2, 0.25) is 5.13 Å². The summed E-state index contributed by atoms with van der Waals surface area (Å²) in [5.74, 6) is 1.50. The van der Waals surface area contributed by atoms with Crippen LogP contribution in [-0.4, -0.2) is 27.3 Å². The molecular weight excluding hydrogens is 378 g/mol. The van der Waals surface area contributed by atoms with E-state index in [1.807, 2.05) is 55.5 Å². The van der Waals surface area contributed by atoms with E-state index in [-0.39, 0.29) is 0 Å². The van der Waals surface area contributed by atoms with Crippen LogP contribution in [0.3, 0.4) is 0 Å². The predicted octanol–water partition coefficient (Wildman–Crippen LogP) is 4.83. The maximum atomic E-state index is 5.24. The molecule has 27 heavy (non-hydrogen) atoms. The highest BCUT2D eigenvalue weighted by Crippen LogP contribution is 2.31. The van der Waals surface area contributed by atoms with Gasteiger partial charge in [-0.2, -0.15) is 0 Å². The van der Waals surface area contributed by atoms with Crippen molar-refractivity contribution in [3.8, 4) is 5.75 Å². The lowest BCUT2D eigenvalue weighted by Gasteiger charge is -2.05. The van der Waals surface area contributed by atoms with Crippen molar-refractivity contribution in [2.75, 3.05) is 12.4 Å². The molecule has 0 amide bonds. The fourth-order valence-electron chi connectivity index (χ4n) is 2.53. The molecular formula is C19H17N5OS2. The third-order valence-corrected chi connectivity index (χ3v) is 5.89. The van der Waals surface area contributed by atoms with Gasteiger partial charge in [0.05, 0.1) is 29.5 Å². The topological polar surface area (TPSA) is 72.8 Å². The van der Waals surface area contributed by atoms with Crippen molar-refractivity contribution in [1.82, 2.24) is 20.2 Å². The summed E-state index contributed by atoms with van der Waals surface area (Å²) in [6.45, 7) is 1.99. The summed E-state index contributed by atoms with van der Waals surface area (Å²) >= 11 is 3.12. The Morgan fingerprint density at radius 2 is 1.85 bits per heavy atom. The van der Waals surface area contributed by atoms with Crippen LogP contribution in [0.4, 0.5) is 10.8 Å². The number of hydrogen-bond donors (Lipinski definition) is 1. The second-order valence-electron chi connectivity index (χ2n) is 5.76. The van der Waals surface area contributed by atoms with Crippen LogP contribution >= 0.6 is 23.1 Å². The van der Waals surface area contributed by atoms with Gasteiger partial charge in [-0.05, 0) is 31.2 Å². The zero-order valence-corrected chi connectivity index (χ0v) is 16.5. The summed E-state index contributed by atoms with van der Waals surface area (Å²) in [5.41, 5.74) is 4.66. The van der Waals surface area contributed by atoms with Gasteiger partial charge in [0, 0.05) is 17.5 Å². The Morgan fingerprint density at radius 1 is 1.04 bits per heavy atom. The fraction of sp³-hybridized carbons (Fsp3) is 0.158. The largest absolute Gasteiger partial charge is 0.497 e. The minimum atomic E-state index is 0.706. The van der Waals surface area contributed by atoms with E-state index in [0.29, 0.717) is 5.75 Å². The van der Waals surface area contributed by atoms with Gasteiger partial charge in [0.15, 0.2) is 4.34 Å². The normalized spacial score (nSPS) is 10.9. The van der Waals surface area contributed by atoms with Crippen LogP contribution in [-0.2, 0) is 5.75 Å². The summed E-state index contributed by atoms with van der Waals surface area (Å²) in [6.07, 6.45) is 0. The van der Waals surface area contributed by atoms with Crippen molar-refractivity contribution >= 4 is 45.0 Å². The number of aromatic nitrogens is 4. The second-order valence-corrected chi connectivity index (χ2v) is 7.96. The van der Waals surface area contributed by atoms with Crippen LogP contribution in [0.1, 0.15) is 11.4 Å². The Balaban J connectivity index is 1.44. The number of hydrogen-bond acceptors (Lipinski definition) is 8. The van der Waals surface area contributed by atoms with Gasteiger partial charge >= 0.3 is 0 Å². The highest BCUT2D eigenvalue weighted by atomic mass is 32.2. The molecule has 8 heteroatoms. The lowest BCUT2D eigenvalue weighted by molar-refractivity contribution is 0.415. The molecule has 1 N–H and O–H groups in total. The van der Waals surface area contributed by atoms with Crippen molar-refractivity contribution in [1.29, 1.82) is 0 Å². The molecule has 0 radical (unpaired) electrons. The summed E-state index contributed by atoms with van der Waals surface area (Å²) in [5, 5.41) is 12.5. The minimum absolute atomic E-state index is 0.706. The number of anilines is 2. The van der Waals surface area contributed by atoms with Crippen molar-refractivity contribution in [3.05, 3.63) is 59.9 Å². The maximum Gasteiger partial charge on any atom is 0.210 e. The molecule has 0 aliphatic rings. The summed E-state index contributed by atoms with van der Waals surface area (Å²) < 4.78 is 6.12. The van der Waals surface area contributed by atoms with E-state index in [1.54, 1.807) is 18.9 Å². The summed E-state index contributed by atoms with van der Waals surface area (Å²) in [7, 11) is 1.65. The Kier molecular flexibility index (Phi) is 5.17. The molecule has 2 aromatic heterocycles. The summed E-state index contributed by atoms with van der Waals surface area (Å²) in [4.78, 5) is 9.36. The number of methoxy groups -OCH3 is 1. The first kappa shape index (κ1) is 17.7. The Bertz CT molecular complexity index is 1080. The quantitative estimate of drug-likeness (QED) is 0.469. The average molecular weight is 396 g/mol. The number of para-hydroxylation sites is 2. The summed E-state index contributed by atoms with van der Waals surface area (Å²) in [6, 6.07) is 15.6. The monoisotopic (exact) mass is 395 g/mol. The fourth-order valence-corrected chi connectivity index (χ4v) is 4.31. The van der Waals surface area contributed by atoms with Gasteiger partial charge in [-0.25, -0.2) is 9.97 Å². The van der Waals surface area contributed by atoms with Crippen LogP contribution < -0.4 is 10.1 Å². The molecule has 136 valence electrons. The smallest absolute Gasteiger partial charge is 0.210 e. The zero-order chi connectivity index (χ0) is 18.6. The Hall–Kier alpha value is -2.71. The highest BCUT2D eigenvalue weighted by molar-refractivity contribution is 8.00. The number of aryl methyl sites for hydroxylation is 1. The predicted molar refractivity (Wildman–Crippen MR) is 110 cm³/mol. The van der Waals surface area contributed by atoms with Gasteiger partial charge in [-0.1, -0.05) is 41.3 Å². The van der Waals surface area contributed by atoms with Crippen LogP contribution in [0.2, 0.25) is 0 Å².